The minimum Gasteiger partial charge on any atom is -0.384 e. The first-order chi connectivity index (χ1) is 14.1. The maximum atomic E-state index is 12.9. The number of pyridine rings is 1. The summed E-state index contributed by atoms with van der Waals surface area (Å²) in [6.45, 7) is 9.51. The highest BCUT2D eigenvalue weighted by Gasteiger charge is 2.22. The number of rotatable bonds is 8. The summed E-state index contributed by atoms with van der Waals surface area (Å²) in [5.41, 5.74) is 2.80. The minimum atomic E-state index is 0.0736. The van der Waals surface area contributed by atoms with Gasteiger partial charge >= 0.3 is 0 Å². The van der Waals surface area contributed by atoms with Gasteiger partial charge in [0, 0.05) is 51.7 Å². The topological polar surface area (TPSA) is 48.5 Å². The van der Waals surface area contributed by atoms with Gasteiger partial charge in [-0.25, -0.2) is 0 Å². The molecule has 1 N–H and O–H groups in total. The third kappa shape index (κ3) is 6.71. The predicted molar refractivity (Wildman–Crippen MR) is 120 cm³/mol. The lowest BCUT2D eigenvalue weighted by molar-refractivity contribution is 0.0650. The van der Waals surface area contributed by atoms with Crippen molar-refractivity contribution in [1.29, 1.82) is 0 Å². The molecule has 1 aliphatic rings. The maximum Gasteiger partial charge on any atom is 0.255 e. The summed E-state index contributed by atoms with van der Waals surface area (Å²) in [6.07, 6.45) is 8.90. The Bertz CT molecular complexity index is 796. The average molecular weight is 393 g/mol. The van der Waals surface area contributed by atoms with E-state index in [4.69, 9.17) is 0 Å². The first-order valence-electron chi connectivity index (χ1n) is 10.5. The highest BCUT2D eigenvalue weighted by Crippen LogP contribution is 2.13. The number of anilines is 1. The number of aromatic nitrogens is 1. The molecule has 0 bridgehead atoms. The van der Waals surface area contributed by atoms with Crippen LogP contribution in [-0.4, -0.2) is 60.0 Å². The molecule has 29 heavy (non-hydrogen) atoms. The Morgan fingerprint density at radius 2 is 1.90 bits per heavy atom. The van der Waals surface area contributed by atoms with E-state index in [1.54, 1.807) is 12.4 Å². The molecule has 2 aromatic rings. The van der Waals surface area contributed by atoms with Gasteiger partial charge in [-0.15, -0.1) is 0 Å². The number of carbonyl (C=O) groups excluding carboxylic acids is 1. The average Bonchev–Trinajstić information content (AvgIpc) is 2.74. The fourth-order valence-electron chi connectivity index (χ4n) is 3.38. The number of hydrogen-bond acceptors (Lipinski definition) is 4. The molecule has 1 amide bonds. The molecule has 1 aliphatic heterocycles. The van der Waals surface area contributed by atoms with E-state index in [0.29, 0.717) is 11.5 Å². The molecule has 0 aliphatic carbocycles. The summed E-state index contributed by atoms with van der Waals surface area (Å²) >= 11 is 0. The normalized spacial score (nSPS) is 15.2. The van der Waals surface area contributed by atoms with Gasteiger partial charge in [0.05, 0.1) is 11.3 Å². The first-order valence-corrected chi connectivity index (χ1v) is 10.5. The lowest BCUT2D eigenvalue weighted by Crippen LogP contribution is -2.48. The second-order valence-electron chi connectivity index (χ2n) is 7.98. The van der Waals surface area contributed by atoms with Crippen molar-refractivity contribution in [2.75, 3.05) is 44.6 Å². The molecule has 154 valence electrons. The SMILES string of the molecule is CC(C)CCNc1cncc(C(=O)N2CCN(C/C=C/c3ccccc3)CC2)c1. The number of amides is 1. The van der Waals surface area contributed by atoms with Crippen LogP contribution >= 0.6 is 0 Å². The van der Waals surface area contributed by atoms with E-state index in [9.17, 15) is 4.79 Å². The van der Waals surface area contributed by atoms with Crippen LogP contribution in [0.25, 0.3) is 6.08 Å². The molecule has 5 nitrogen and oxygen atoms in total. The smallest absolute Gasteiger partial charge is 0.255 e. The zero-order valence-electron chi connectivity index (χ0n) is 17.6. The Morgan fingerprint density at radius 3 is 2.62 bits per heavy atom. The Balaban J connectivity index is 1.46. The molecule has 0 saturated carbocycles. The lowest BCUT2D eigenvalue weighted by Gasteiger charge is -2.34. The largest absolute Gasteiger partial charge is 0.384 e. The molecule has 0 atom stereocenters. The van der Waals surface area contributed by atoms with Gasteiger partial charge in [0.2, 0.25) is 0 Å². The molecule has 0 radical (unpaired) electrons. The van der Waals surface area contributed by atoms with Crippen molar-refractivity contribution in [3.8, 4) is 0 Å². The van der Waals surface area contributed by atoms with Crippen LogP contribution in [0.15, 0.2) is 54.9 Å². The van der Waals surface area contributed by atoms with Gasteiger partial charge in [0.25, 0.3) is 5.91 Å². The Labute approximate surface area is 174 Å². The Hall–Kier alpha value is -2.66. The van der Waals surface area contributed by atoms with Gasteiger partial charge in [0.1, 0.15) is 0 Å². The van der Waals surface area contributed by atoms with Crippen LogP contribution in [0, 0.1) is 5.92 Å². The van der Waals surface area contributed by atoms with Crippen LogP contribution in [0.1, 0.15) is 36.2 Å². The maximum absolute atomic E-state index is 12.9. The van der Waals surface area contributed by atoms with Crippen molar-refractivity contribution in [2.45, 2.75) is 20.3 Å². The quantitative estimate of drug-likeness (QED) is 0.737. The van der Waals surface area contributed by atoms with Gasteiger partial charge in [-0.2, -0.15) is 0 Å². The molecule has 1 aromatic carbocycles. The van der Waals surface area contributed by atoms with E-state index in [-0.39, 0.29) is 5.91 Å². The summed E-state index contributed by atoms with van der Waals surface area (Å²) in [5, 5.41) is 3.37. The van der Waals surface area contributed by atoms with E-state index in [1.807, 2.05) is 29.2 Å². The number of nitrogens with one attached hydrogen (secondary N) is 1. The number of piperazine rings is 1. The number of carbonyl (C=O) groups is 1. The van der Waals surface area contributed by atoms with Gasteiger partial charge in [-0.1, -0.05) is 56.3 Å². The van der Waals surface area contributed by atoms with Crippen LogP contribution in [-0.2, 0) is 0 Å². The number of nitrogens with zero attached hydrogens (tertiary/aromatic N) is 3. The summed E-state index contributed by atoms with van der Waals surface area (Å²) in [5.74, 6) is 0.726. The molecule has 0 unspecified atom stereocenters. The standard InChI is InChI=1S/C24H32N4O/c1-20(2)10-11-26-23-17-22(18-25-19-23)24(29)28-15-13-27(14-16-28)12-6-9-21-7-4-3-5-8-21/h3-9,17-20,26H,10-16H2,1-2H3/b9-6+. The molecular weight excluding hydrogens is 360 g/mol. The van der Waals surface area contributed by atoms with E-state index in [2.05, 4.69) is 53.3 Å². The van der Waals surface area contributed by atoms with E-state index >= 15 is 0 Å². The van der Waals surface area contributed by atoms with Crippen molar-refractivity contribution in [3.05, 3.63) is 66.0 Å². The predicted octanol–water partition coefficient (Wildman–Crippen LogP) is 4.01. The van der Waals surface area contributed by atoms with Crippen LogP contribution in [0.2, 0.25) is 0 Å². The highest BCUT2D eigenvalue weighted by molar-refractivity contribution is 5.94. The molecule has 2 heterocycles. The van der Waals surface area contributed by atoms with E-state index in [0.717, 1.165) is 51.4 Å². The van der Waals surface area contributed by atoms with Crippen LogP contribution in [0.3, 0.4) is 0 Å². The van der Waals surface area contributed by atoms with Gasteiger partial charge in [-0.05, 0) is 24.0 Å². The van der Waals surface area contributed by atoms with E-state index < -0.39 is 0 Å². The van der Waals surface area contributed by atoms with Crippen LogP contribution in [0.4, 0.5) is 5.69 Å². The third-order valence-corrected chi connectivity index (χ3v) is 5.17. The minimum absolute atomic E-state index is 0.0736. The second-order valence-corrected chi connectivity index (χ2v) is 7.98. The van der Waals surface area contributed by atoms with E-state index in [1.165, 1.54) is 5.56 Å². The summed E-state index contributed by atoms with van der Waals surface area (Å²) in [4.78, 5) is 21.4. The second kappa shape index (κ2) is 10.8. The Kier molecular flexibility index (Phi) is 7.82. The highest BCUT2D eigenvalue weighted by atomic mass is 16.2. The molecule has 5 heteroatoms. The zero-order valence-corrected chi connectivity index (χ0v) is 17.6. The van der Waals surface area contributed by atoms with Crippen molar-refractivity contribution >= 4 is 17.7 Å². The molecule has 0 spiro atoms. The summed E-state index contributed by atoms with van der Waals surface area (Å²) in [7, 11) is 0. The van der Waals surface area contributed by atoms with Crippen molar-refractivity contribution < 1.29 is 4.79 Å². The van der Waals surface area contributed by atoms with Crippen molar-refractivity contribution in [1.82, 2.24) is 14.8 Å². The number of benzene rings is 1. The van der Waals surface area contributed by atoms with Gasteiger partial charge in [-0.3, -0.25) is 14.7 Å². The fraction of sp³-hybridized carbons (Fsp3) is 0.417. The fourth-order valence-corrected chi connectivity index (χ4v) is 3.38. The zero-order chi connectivity index (χ0) is 20.5. The number of hydrogen-bond donors (Lipinski definition) is 1. The molecule has 1 aromatic heterocycles. The molecule has 1 saturated heterocycles. The molecular formula is C24H32N4O. The molecule has 1 fully saturated rings. The van der Waals surface area contributed by atoms with Crippen LogP contribution < -0.4 is 5.32 Å². The van der Waals surface area contributed by atoms with Crippen molar-refractivity contribution in [3.63, 3.8) is 0 Å². The Morgan fingerprint density at radius 1 is 1.14 bits per heavy atom. The first kappa shape index (κ1) is 21.1. The van der Waals surface area contributed by atoms with Crippen LogP contribution in [0.5, 0.6) is 0 Å². The monoisotopic (exact) mass is 392 g/mol. The third-order valence-electron chi connectivity index (χ3n) is 5.17. The lowest BCUT2D eigenvalue weighted by atomic mass is 10.1. The van der Waals surface area contributed by atoms with Crippen molar-refractivity contribution in [2.24, 2.45) is 5.92 Å². The van der Waals surface area contributed by atoms with Gasteiger partial charge < -0.3 is 10.2 Å². The van der Waals surface area contributed by atoms with Gasteiger partial charge in [0.15, 0.2) is 0 Å². The summed E-state index contributed by atoms with van der Waals surface area (Å²) in [6, 6.07) is 12.3. The molecule has 3 rings (SSSR count). The summed E-state index contributed by atoms with van der Waals surface area (Å²) < 4.78 is 0.